The maximum Gasteiger partial charge on any atom is 0.309 e. The summed E-state index contributed by atoms with van der Waals surface area (Å²) in [6.07, 6.45) is 4.41. The second-order valence-electron chi connectivity index (χ2n) is 6.41. The third kappa shape index (κ3) is 5.07. The molecule has 0 saturated heterocycles. The van der Waals surface area contributed by atoms with Gasteiger partial charge in [0.25, 0.3) is 0 Å². The van der Waals surface area contributed by atoms with Crippen molar-refractivity contribution in [2.75, 3.05) is 13.1 Å². The highest BCUT2D eigenvalue weighted by Gasteiger charge is 2.30. The van der Waals surface area contributed by atoms with Crippen LogP contribution in [0.1, 0.15) is 53.4 Å². The van der Waals surface area contributed by atoms with Gasteiger partial charge in [-0.25, -0.2) is 0 Å². The van der Waals surface area contributed by atoms with Crippen LogP contribution >= 0.6 is 0 Å². The number of carboxylic acid groups (broad SMARTS) is 1. The van der Waals surface area contributed by atoms with Gasteiger partial charge in [0.2, 0.25) is 0 Å². The van der Waals surface area contributed by atoms with Gasteiger partial charge >= 0.3 is 5.97 Å². The van der Waals surface area contributed by atoms with E-state index in [2.05, 4.69) is 18.7 Å². The third-order valence-corrected chi connectivity index (χ3v) is 3.49. The number of nitrogens with zero attached hydrogens (tertiary/aromatic N) is 1. The number of aliphatic carboxylic acids is 1. The van der Waals surface area contributed by atoms with E-state index in [1.807, 2.05) is 13.8 Å². The molecule has 0 aromatic heterocycles. The molecule has 0 atom stereocenters. The van der Waals surface area contributed by atoms with Crippen LogP contribution in [0.15, 0.2) is 0 Å². The number of rotatable bonds is 8. The van der Waals surface area contributed by atoms with Gasteiger partial charge in [0, 0.05) is 12.6 Å². The molecule has 0 spiro atoms. The summed E-state index contributed by atoms with van der Waals surface area (Å²) in [5, 5.41) is 9.06. The first-order valence-corrected chi connectivity index (χ1v) is 6.80. The fourth-order valence-corrected chi connectivity index (χ4v) is 2.16. The smallest absolute Gasteiger partial charge is 0.309 e. The zero-order valence-corrected chi connectivity index (χ0v) is 11.7. The molecule has 3 nitrogen and oxygen atoms in total. The van der Waals surface area contributed by atoms with Crippen LogP contribution in [0.25, 0.3) is 0 Å². The Morgan fingerprint density at radius 3 is 2.41 bits per heavy atom. The van der Waals surface area contributed by atoms with Gasteiger partial charge in [-0.05, 0) is 52.0 Å². The summed E-state index contributed by atoms with van der Waals surface area (Å²) in [6.45, 7) is 10.3. The summed E-state index contributed by atoms with van der Waals surface area (Å²) >= 11 is 0. The van der Waals surface area contributed by atoms with Gasteiger partial charge < -0.3 is 10.0 Å². The van der Waals surface area contributed by atoms with E-state index in [0.717, 1.165) is 32.0 Å². The molecule has 1 aliphatic carbocycles. The van der Waals surface area contributed by atoms with Crippen LogP contribution in [-0.4, -0.2) is 35.1 Å². The second kappa shape index (κ2) is 5.85. The van der Waals surface area contributed by atoms with Gasteiger partial charge in [-0.3, -0.25) is 4.79 Å². The van der Waals surface area contributed by atoms with Gasteiger partial charge in [-0.2, -0.15) is 0 Å². The van der Waals surface area contributed by atoms with Crippen LogP contribution in [0.5, 0.6) is 0 Å². The second-order valence-corrected chi connectivity index (χ2v) is 6.41. The number of carbonyl (C=O) groups is 1. The van der Waals surface area contributed by atoms with Crippen molar-refractivity contribution in [3.63, 3.8) is 0 Å². The lowest BCUT2D eigenvalue weighted by Crippen LogP contribution is -2.32. The van der Waals surface area contributed by atoms with Gasteiger partial charge in [0.15, 0.2) is 0 Å². The van der Waals surface area contributed by atoms with Gasteiger partial charge in [-0.15, -0.1) is 0 Å². The molecule has 1 aliphatic rings. The lowest BCUT2D eigenvalue weighted by Gasteiger charge is -2.26. The average molecular weight is 241 g/mol. The van der Waals surface area contributed by atoms with Crippen molar-refractivity contribution in [3.05, 3.63) is 0 Å². The van der Waals surface area contributed by atoms with E-state index < -0.39 is 11.4 Å². The standard InChI is InChI=1S/C14H27NO2/c1-11(2)10-15(12-6-7-12)9-5-8-14(3,4)13(16)17/h11-12H,5-10H2,1-4H3,(H,16,17). The van der Waals surface area contributed by atoms with Crippen LogP contribution in [0.4, 0.5) is 0 Å². The molecule has 0 bridgehead atoms. The van der Waals surface area contributed by atoms with E-state index in [9.17, 15) is 4.79 Å². The Morgan fingerprint density at radius 2 is 2.00 bits per heavy atom. The summed E-state index contributed by atoms with van der Waals surface area (Å²) in [4.78, 5) is 13.6. The van der Waals surface area contributed by atoms with E-state index >= 15 is 0 Å². The zero-order chi connectivity index (χ0) is 13.1. The van der Waals surface area contributed by atoms with E-state index in [-0.39, 0.29) is 0 Å². The van der Waals surface area contributed by atoms with Crippen LogP contribution < -0.4 is 0 Å². The van der Waals surface area contributed by atoms with Crippen molar-refractivity contribution in [1.29, 1.82) is 0 Å². The monoisotopic (exact) mass is 241 g/mol. The van der Waals surface area contributed by atoms with E-state index in [1.165, 1.54) is 12.8 Å². The molecule has 1 saturated carbocycles. The molecule has 1 rings (SSSR count). The maximum atomic E-state index is 11.0. The van der Waals surface area contributed by atoms with Gasteiger partial charge in [-0.1, -0.05) is 13.8 Å². The molecule has 100 valence electrons. The normalized spacial score (nSPS) is 16.8. The molecule has 0 aliphatic heterocycles. The lowest BCUT2D eigenvalue weighted by molar-refractivity contribution is -0.147. The molecule has 3 heteroatoms. The molecule has 0 heterocycles. The third-order valence-electron chi connectivity index (χ3n) is 3.49. The molecule has 1 N–H and O–H groups in total. The summed E-state index contributed by atoms with van der Waals surface area (Å²) in [5.74, 6) is 0.0161. The molecular weight excluding hydrogens is 214 g/mol. The Labute approximate surface area is 105 Å². The molecule has 1 fully saturated rings. The quantitative estimate of drug-likeness (QED) is 0.710. The predicted octanol–water partition coefficient (Wildman–Crippen LogP) is 3.00. The summed E-state index contributed by atoms with van der Waals surface area (Å²) in [6, 6.07) is 0.783. The van der Waals surface area contributed by atoms with Crippen molar-refractivity contribution >= 4 is 5.97 Å². The highest BCUT2D eigenvalue weighted by Crippen LogP contribution is 2.29. The first-order valence-electron chi connectivity index (χ1n) is 6.80. The predicted molar refractivity (Wildman–Crippen MR) is 70.1 cm³/mol. The summed E-state index contributed by atoms with van der Waals surface area (Å²) in [5.41, 5.74) is -0.576. The minimum absolute atomic E-state index is 0.576. The molecule has 0 unspecified atom stereocenters. The summed E-state index contributed by atoms with van der Waals surface area (Å²) < 4.78 is 0. The van der Waals surface area contributed by atoms with Crippen molar-refractivity contribution in [2.45, 2.75) is 59.4 Å². The minimum Gasteiger partial charge on any atom is -0.481 e. The van der Waals surface area contributed by atoms with Crippen LogP contribution in [0.3, 0.4) is 0 Å². The molecule has 17 heavy (non-hydrogen) atoms. The maximum absolute atomic E-state index is 11.0. The zero-order valence-electron chi connectivity index (χ0n) is 11.7. The van der Waals surface area contributed by atoms with Crippen molar-refractivity contribution in [2.24, 2.45) is 11.3 Å². The first-order chi connectivity index (χ1) is 7.83. The minimum atomic E-state index is -0.681. The topological polar surface area (TPSA) is 40.5 Å². The Kier molecular flexibility index (Phi) is 4.99. The summed E-state index contributed by atoms with van der Waals surface area (Å²) in [7, 11) is 0. The molecule has 0 aromatic rings. The van der Waals surface area contributed by atoms with E-state index in [1.54, 1.807) is 0 Å². The van der Waals surface area contributed by atoms with Crippen molar-refractivity contribution < 1.29 is 9.90 Å². The van der Waals surface area contributed by atoms with Crippen LogP contribution in [0, 0.1) is 11.3 Å². The number of hydrogen-bond donors (Lipinski definition) is 1. The van der Waals surface area contributed by atoms with Crippen LogP contribution in [0.2, 0.25) is 0 Å². The Morgan fingerprint density at radius 1 is 1.41 bits per heavy atom. The van der Waals surface area contributed by atoms with Crippen molar-refractivity contribution in [1.82, 2.24) is 4.90 Å². The average Bonchev–Trinajstić information content (AvgIpc) is 2.98. The molecular formula is C14H27NO2. The Bertz CT molecular complexity index is 257. The fraction of sp³-hybridized carbons (Fsp3) is 0.929. The van der Waals surface area contributed by atoms with Crippen molar-refractivity contribution in [3.8, 4) is 0 Å². The number of carboxylic acids is 1. The lowest BCUT2D eigenvalue weighted by atomic mass is 9.88. The molecule has 0 aromatic carbocycles. The Balaban J connectivity index is 2.30. The van der Waals surface area contributed by atoms with Gasteiger partial charge in [0.1, 0.15) is 0 Å². The van der Waals surface area contributed by atoms with E-state index in [4.69, 9.17) is 5.11 Å². The van der Waals surface area contributed by atoms with Gasteiger partial charge in [0.05, 0.1) is 5.41 Å². The van der Waals surface area contributed by atoms with E-state index in [0.29, 0.717) is 5.92 Å². The number of hydrogen-bond acceptors (Lipinski definition) is 2. The fourth-order valence-electron chi connectivity index (χ4n) is 2.16. The molecule has 0 radical (unpaired) electrons. The highest BCUT2D eigenvalue weighted by atomic mass is 16.4. The highest BCUT2D eigenvalue weighted by molar-refractivity contribution is 5.73. The molecule has 0 amide bonds. The SMILES string of the molecule is CC(C)CN(CCCC(C)(C)C(=O)O)C1CC1. The Hall–Kier alpha value is -0.570. The van der Waals surface area contributed by atoms with Crippen LogP contribution in [-0.2, 0) is 4.79 Å². The first kappa shape index (κ1) is 14.5. The largest absolute Gasteiger partial charge is 0.481 e.